The molecule has 0 bridgehead atoms. The van der Waals surface area contributed by atoms with Crippen LogP contribution in [0.2, 0.25) is 0 Å². The van der Waals surface area contributed by atoms with Crippen molar-refractivity contribution in [2.75, 3.05) is 0 Å². The van der Waals surface area contributed by atoms with Gasteiger partial charge in [-0.25, -0.2) is 0 Å². The zero-order chi connectivity index (χ0) is 51.0. The van der Waals surface area contributed by atoms with Crippen LogP contribution in [0.1, 0.15) is 68.7 Å². The Morgan fingerprint density at radius 2 is 1.14 bits per heavy atom. The monoisotopic (exact) mass is 954 g/mol. The van der Waals surface area contributed by atoms with Gasteiger partial charge in [0.05, 0.1) is 23.0 Å². The Morgan fingerprint density at radius 3 is 1.85 bits per heavy atom. The summed E-state index contributed by atoms with van der Waals surface area (Å²) >= 11 is 0. The van der Waals surface area contributed by atoms with Crippen LogP contribution >= 0.6 is 0 Å². The molecule has 3 heterocycles. The summed E-state index contributed by atoms with van der Waals surface area (Å²) in [4.78, 5) is 13.6. The predicted molar refractivity (Wildman–Crippen MR) is 311 cm³/mol. The molecular weight excluding hydrogens is 897 g/mol. The summed E-state index contributed by atoms with van der Waals surface area (Å²) < 4.78 is 0. The largest absolute Gasteiger partial charge is 0.265 e. The number of nitriles is 1. The van der Waals surface area contributed by atoms with E-state index in [1.54, 1.807) is 18.6 Å². The number of hydrogen-bond donors (Lipinski definition) is 0. The van der Waals surface area contributed by atoms with Gasteiger partial charge in [0.15, 0.2) is 0 Å². The molecule has 0 radical (unpaired) electrons. The molecular formula is C70H58N4. The predicted octanol–water partition coefficient (Wildman–Crippen LogP) is 18.8. The minimum absolute atomic E-state index is 0.289. The van der Waals surface area contributed by atoms with Gasteiger partial charge in [-0.1, -0.05) is 149 Å². The van der Waals surface area contributed by atoms with E-state index in [0.29, 0.717) is 5.57 Å². The van der Waals surface area contributed by atoms with Crippen LogP contribution in [0.4, 0.5) is 0 Å². The quantitative estimate of drug-likeness (QED) is 0.0695. The molecule has 2 aliphatic rings. The molecule has 0 N–H and O–H groups in total. The van der Waals surface area contributed by atoms with E-state index in [9.17, 15) is 5.26 Å². The van der Waals surface area contributed by atoms with Crippen molar-refractivity contribution in [3.05, 3.63) is 254 Å². The minimum atomic E-state index is 0.289. The molecule has 1 atom stereocenters. The van der Waals surface area contributed by atoms with Gasteiger partial charge < -0.3 is 0 Å². The third-order valence-corrected chi connectivity index (χ3v) is 14.1. The first-order chi connectivity index (χ1) is 36.6. The molecule has 0 fully saturated rings. The summed E-state index contributed by atoms with van der Waals surface area (Å²) in [6.45, 7) is 12.1. The van der Waals surface area contributed by atoms with Crippen molar-refractivity contribution in [1.82, 2.24) is 15.0 Å². The number of fused-ring (bicyclic) bond motifs is 6. The number of benzene rings is 7. The van der Waals surface area contributed by atoms with Crippen molar-refractivity contribution in [3.8, 4) is 95.3 Å². The van der Waals surface area contributed by atoms with Crippen LogP contribution in [0.25, 0.3) is 106 Å². The van der Waals surface area contributed by atoms with Crippen molar-refractivity contribution >= 4 is 16.3 Å². The Balaban J connectivity index is 0.00000153. The molecule has 10 aromatic rings. The molecule has 12 rings (SSSR count). The molecule has 0 spiro atoms. The molecule has 74 heavy (non-hydrogen) atoms. The van der Waals surface area contributed by atoms with Crippen LogP contribution in [0, 0.1) is 11.3 Å². The lowest BCUT2D eigenvalue weighted by molar-refractivity contribution is 0.745. The van der Waals surface area contributed by atoms with Gasteiger partial charge in [0, 0.05) is 36.3 Å². The van der Waals surface area contributed by atoms with E-state index in [0.717, 1.165) is 75.2 Å². The van der Waals surface area contributed by atoms with Gasteiger partial charge in [0.2, 0.25) is 0 Å². The Morgan fingerprint density at radius 1 is 0.527 bits per heavy atom. The standard InChI is InChI=1S/C66H46N4.2C2H6/c1-2-3-15-58-54-16-6-7-17-55(54)59-25-23-44(40-63(58)59)47-34-51(39-52(38-47)53-26-27-62-57-19-9-8-18-56(57)61-21-12-20-60(53)66(61)62)50-36-48(45(41-67)14-5-4-13-43-29-32-68-33-30-43)35-49(37-50)46-24-28-65(70-42-46)64-22-10-11-31-69-64;2*1-2/h2,4-12,14,16-40,42,58H,1,3,13,15H2;2*1-2H3/b5-4-,45-14+;;. The number of allylic oxidation sites excluding steroid dienone is 5. The molecule has 3 aromatic heterocycles. The third-order valence-electron chi connectivity index (χ3n) is 14.1. The van der Waals surface area contributed by atoms with E-state index in [4.69, 9.17) is 4.98 Å². The summed E-state index contributed by atoms with van der Waals surface area (Å²) in [6.07, 6.45) is 18.0. The Hall–Kier alpha value is -9.04. The number of aromatic nitrogens is 3. The highest BCUT2D eigenvalue weighted by atomic mass is 14.8. The van der Waals surface area contributed by atoms with Gasteiger partial charge in [-0.15, -0.1) is 6.58 Å². The molecule has 0 saturated heterocycles. The molecule has 7 aromatic carbocycles. The van der Waals surface area contributed by atoms with E-state index in [1.807, 2.05) is 88.5 Å². The molecule has 4 nitrogen and oxygen atoms in total. The number of nitrogens with zero attached hydrogens (tertiary/aromatic N) is 4. The zero-order valence-electron chi connectivity index (χ0n) is 42.6. The van der Waals surface area contributed by atoms with E-state index >= 15 is 0 Å². The number of hydrogen-bond acceptors (Lipinski definition) is 4. The highest BCUT2D eigenvalue weighted by Crippen LogP contribution is 2.51. The summed E-state index contributed by atoms with van der Waals surface area (Å²) in [5.74, 6) is 0.289. The second-order valence-electron chi connectivity index (χ2n) is 18.2. The fourth-order valence-electron chi connectivity index (χ4n) is 10.7. The van der Waals surface area contributed by atoms with Crippen molar-refractivity contribution in [2.24, 2.45) is 0 Å². The Kier molecular flexibility index (Phi) is 14.5. The minimum Gasteiger partial charge on any atom is -0.265 e. The maximum Gasteiger partial charge on any atom is 0.0997 e. The molecule has 0 saturated carbocycles. The summed E-state index contributed by atoms with van der Waals surface area (Å²) in [5, 5.41) is 13.3. The maximum atomic E-state index is 10.8. The average molecular weight is 955 g/mol. The van der Waals surface area contributed by atoms with E-state index in [1.165, 1.54) is 66.4 Å². The highest BCUT2D eigenvalue weighted by Gasteiger charge is 2.29. The maximum absolute atomic E-state index is 10.8. The molecule has 358 valence electrons. The first-order valence-electron chi connectivity index (χ1n) is 26.0. The van der Waals surface area contributed by atoms with Crippen LogP contribution < -0.4 is 0 Å². The Bertz CT molecular complexity index is 3730. The topological polar surface area (TPSA) is 62.5 Å². The molecule has 0 amide bonds. The fourth-order valence-corrected chi connectivity index (χ4v) is 10.7. The van der Waals surface area contributed by atoms with Crippen molar-refractivity contribution in [1.29, 1.82) is 5.26 Å². The Labute approximate surface area is 436 Å². The fraction of sp³-hybridized carbons (Fsp3) is 0.114. The normalized spacial score (nSPS) is 12.7. The van der Waals surface area contributed by atoms with Gasteiger partial charge >= 0.3 is 0 Å². The smallest absolute Gasteiger partial charge is 0.0997 e. The summed E-state index contributed by atoms with van der Waals surface area (Å²) in [7, 11) is 0. The molecule has 2 aliphatic carbocycles. The van der Waals surface area contributed by atoms with Gasteiger partial charge in [-0.2, -0.15) is 5.26 Å². The van der Waals surface area contributed by atoms with Crippen molar-refractivity contribution < 1.29 is 0 Å². The number of pyridine rings is 3. The van der Waals surface area contributed by atoms with E-state index in [2.05, 4.69) is 168 Å². The highest BCUT2D eigenvalue weighted by molar-refractivity contribution is 6.18. The van der Waals surface area contributed by atoms with Crippen molar-refractivity contribution in [2.45, 2.75) is 52.9 Å². The SMILES string of the molecule is C=CCCC1c2ccccc2-c2ccc(-c3cc(-c4cc(/C(C#N)=C/C=C\Cc5ccncc5)cc(-c5ccc(-c6ccccn6)nc5)c4)cc(-c4ccc5c6c(cccc46)-c4ccccc4-5)c3)cc21.CC.CC. The summed E-state index contributed by atoms with van der Waals surface area (Å²) in [6, 6.07) is 66.1. The van der Waals surface area contributed by atoms with Gasteiger partial charge in [-0.05, 0) is 203 Å². The van der Waals surface area contributed by atoms with Crippen LogP contribution in [0.5, 0.6) is 0 Å². The van der Waals surface area contributed by atoms with Crippen LogP contribution in [0.3, 0.4) is 0 Å². The van der Waals surface area contributed by atoms with Gasteiger partial charge in [-0.3, -0.25) is 15.0 Å². The summed E-state index contributed by atoms with van der Waals surface area (Å²) in [5.41, 5.74) is 23.2. The van der Waals surface area contributed by atoms with Crippen LogP contribution in [-0.2, 0) is 6.42 Å². The molecule has 1 unspecified atom stereocenters. The lowest BCUT2D eigenvalue weighted by Crippen LogP contribution is -1.96. The first-order valence-corrected chi connectivity index (χ1v) is 26.0. The van der Waals surface area contributed by atoms with E-state index < -0.39 is 0 Å². The molecule has 0 aliphatic heterocycles. The second kappa shape index (κ2) is 22.2. The van der Waals surface area contributed by atoms with Crippen LogP contribution in [0.15, 0.2) is 232 Å². The zero-order valence-corrected chi connectivity index (χ0v) is 42.6. The van der Waals surface area contributed by atoms with Gasteiger partial charge in [0.25, 0.3) is 0 Å². The van der Waals surface area contributed by atoms with Crippen LogP contribution in [-0.4, -0.2) is 15.0 Å². The van der Waals surface area contributed by atoms with Gasteiger partial charge in [0.1, 0.15) is 0 Å². The number of rotatable bonds is 12. The lowest BCUT2D eigenvalue weighted by atomic mass is 9.87. The first kappa shape index (κ1) is 48.6. The second-order valence-corrected chi connectivity index (χ2v) is 18.2. The molecule has 4 heteroatoms. The average Bonchev–Trinajstić information content (AvgIpc) is 3.98. The van der Waals surface area contributed by atoms with Crippen molar-refractivity contribution in [3.63, 3.8) is 0 Å². The lowest BCUT2D eigenvalue weighted by Gasteiger charge is -2.17. The third kappa shape index (κ3) is 9.45. The van der Waals surface area contributed by atoms with E-state index in [-0.39, 0.29) is 5.92 Å².